The smallest absolute Gasteiger partial charge is 0.367 e. The first-order valence-electron chi connectivity index (χ1n) is 5.79. The second kappa shape index (κ2) is 6.80. The molecule has 0 saturated carbocycles. The molecule has 2 aromatic rings. The van der Waals surface area contributed by atoms with Crippen molar-refractivity contribution in [2.45, 2.75) is 6.92 Å². The van der Waals surface area contributed by atoms with Gasteiger partial charge in [-0.2, -0.15) is 0 Å². The summed E-state index contributed by atoms with van der Waals surface area (Å²) in [7, 11) is 0. The van der Waals surface area contributed by atoms with Gasteiger partial charge in [0, 0.05) is 14.6 Å². The third-order valence-corrected chi connectivity index (χ3v) is 3.76. The molecule has 5 nitrogen and oxygen atoms in total. The van der Waals surface area contributed by atoms with Gasteiger partial charge in [0.05, 0.1) is 6.61 Å². The van der Waals surface area contributed by atoms with Crippen LogP contribution in [0.2, 0.25) is 0 Å². The zero-order chi connectivity index (χ0) is 14.5. The molecule has 1 aromatic carbocycles. The maximum atomic E-state index is 12.0. The first kappa shape index (κ1) is 14.9. The van der Waals surface area contributed by atoms with Crippen LogP contribution in [-0.4, -0.2) is 23.5 Å². The number of esters is 1. The molecular weight excluding hydrogens is 391 g/mol. The van der Waals surface area contributed by atoms with E-state index in [2.05, 4.69) is 32.9 Å². The zero-order valence-electron chi connectivity index (χ0n) is 10.6. The number of ether oxygens (including phenoxy) is 1. The van der Waals surface area contributed by atoms with Crippen molar-refractivity contribution < 1.29 is 14.3 Å². The van der Waals surface area contributed by atoms with Gasteiger partial charge in [-0.25, -0.2) is 9.78 Å². The first-order chi connectivity index (χ1) is 9.60. The van der Waals surface area contributed by atoms with Gasteiger partial charge in [0.1, 0.15) is 5.69 Å². The van der Waals surface area contributed by atoms with E-state index in [1.54, 1.807) is 13.0 Å². The van der Waals surface area contributed by atoms with Crippen LogP contribution in [0.1, 0.15) is 27.2 Å². The van der Waals surface area contributed by atoms with Crippen LogP contribution in [0, 0.1) is 3.57 Å². The van der Waals surface area contributed by atoms with Gasteiger partial charge in [-0.1, -0.05) is 6.07 Å². The van der Waals surface area contributed by atoms with Crippen molar-refractivity contribution in [3.63, 3.8) is 0 Å². The molecule has 2 rings (SSSR count). The first-order valence-corrected chi connectivity index (χ1v) is 7.75. The molecule has 20 heavy (non-hydrogen) atoms. The lowest BCUT2D eigenvalue weighted by Crippen LogP contribution is -2.13. The van der Waals surface area contributed by atoms with E-state index >= 15 is 0 Å². The maximum absolute atomic E-state index is 12.0. The molecule has 0 aliphatic rings. The van der Waals surface area contributed by atoms with E-state index in [-0.39, 0.29) is 23.2 Å². The molecule has 1 N–H and O–H groups in total. The minimum Gasteiger partial charge on any atom is -0.461 e. The van der Waals surface area contributed by atoms with Crippen LogP contribution >= 0.6 is 33.9 Å². The number of amides is 1. The van der Waals surface area contributed by atoms with Crippen LogP contribution in [0.25, 0.3) is 0 Å². The topological polar surface area (TPSA) is 68.3 Å². The molecule has 0 atom stereocenters. The number of aromatic nitrogens is 1. The summed E-state index contributed by atoms with van der Waals surface area (Å²) < 4.78 is 5.85. The molecule has 0 fully saturated rings. The Morgan fingerprint density at radius 3 is 2.95 bits per heavy atom. The molecule has 0 aliphatic heterocycles. The normalized spacial score (nSPS) is 10.1. The number of rotatable bonds is 4. The lowest BCUT2D eigenvalue weighted by Gasteiger charge is -2.03. The lowest BCUT2D eigenvalue weighted by molar-refractivity contribution is 0.0526. The minimum atomic E-state index is -0.509. The molecule has 1 aromatic heterocycles. The molecule has 104 valence electrons. The van der Waals surface area contributed by atoms with Gasteiger partial charge in [0.2, 0.25) is 5.01 Å². The zero-order valence-corrected chi connectivity index (χ0v) is 13.5. The van der Waals surface area contributed by atoms with Crippen LogP contribution < -0.4 is 5.32 Å². The highest BCUT2D eigenvalue weighted by atomic mass is 127. The third kappa shape index (κ3) is 3.76. The summed E-state index contributed by atoms with van der Waals surface area (Å²) in [5.74, 6) is -0.857. The van der Waals surface area contributed by atoms with Crippen molar-refractivity contribution in [2.75, 3.05) is 11.9 Å². The van der Waals surface area contributed by atoms with E-state index in [4.69, 9.17) is 4.74 Å². The van der Waals surface area contributed by atoms with Crippen molar-refractivity contribution in [1.29, 1.82) is 0 Å². The van der Waals surface area contributed by atoms with Crippen LogP contribution in [0.3, 0.4) is 0 Å². The van der Waals surface area contributed by atoms with Gasteiger partial charge in [0.15, 0.2) is 0 Å². The maximum Gasteiger partial charge on any atom is 0.367 e. The van der Waals surface area contributed by atoms with Crippen molar-refractivity contribution >= 4 is 51.5 Å². The number of halogens is 1. The molecule has 1 heterocycles. The summed E-state index contributed by atoms with van der Waals surface area (Å²) in [6.07, 6.45) is 0. The lowest BCUT2D eigenvalue weighted by atomic mass is 10.3. The Kier molecular flexibility index (Phi) is 5.07. The predicted molar refractivity (Wildman–Crippen MR) is 85.2 cm³/mol. The van der Waals surface area contributed by atoms with E-state index in [0.717, 1.165) is 14.9 Å². The Labute approximate surface area is 133 Å². The molecule has 7 heteroatoms. The number of carbonyl (C=O) groups is 2. The van der Waals surface area contributed by atoms with Crippen molar-refractivity contribution in [3.05, 3.63) is 43.9 Å². The Balaban J connectivity index is 2.08. The minimum absolute atomic E-state index is 0.180. The molecule has 1 amide bonds. The molecule has 0 spiro atoms. The van der Waals surface area contributed by atoms with Crippen molar-refractivity contribution in [2.24, 2.45) is 0 Å². The number of carbonyl (C=O) groups excluding carboxylic acids is 2. The van der Waals surface area contributed by atoms with Crippen LogP contribution in [0.15, 0.2) is 29.6 Å². The van der Waals surface area contributed by atoms with Crippen LogP contribution in [0.5, 0.6) is 0 Å². The summed E-state index contributed by atoms with van der Waals surface area (Å²) in [6, 6.07) is 7.41. The monoisotopic (exact) mass is 402 g/mol. The average molecular weight is 402 g/mol. The van der Waals surface area contributed by atoms with E-state index in [1.165, 1.54) is 5.38 Å². The molecular formula is C13H11IN2O3S. The van der Waals surface area contributed by atoms with E-state index in [0.29, 0.717) is 5.69 Å². The van der Waals surface area contributed by atoms with Crippen molar-refractivity contribution in [1.82, 2.24) is 4.98 Å². The molecule has 0 radical (unpaired) electrons. The average Bonchev–Trinajstić information content (AvgIpc) is 2.88. The fraction of sp³-hybridized carbons (Fsp3) is 0.154. The largest absolute Gasteiger partial charge is 0.461 e. The Morgan fingerprint density at radius 1 is 1.45 bits per heavy atom. The quantitative estimate of drug-likeness (QED) is 0.630. The SMILES string of the molecule is CCOC(=O)c1nc(C(=O)Nc2cccc(I)c2)cs1. The summed E-state index contributed by atoms with van der Waals surface area (Å²) in [4.78, 5) is 27.5. The van der Waals surface area contributed by atoms with E-state index in [1.807, 2.05) is 18.2 Å². The van der Waals surface area contributed by atoms with Gasteiger partial charge in [0.25, 0.3) is 5.91 Å². The van der Waals surface area contributed by atoms with Crippen LogP contribution in [-0.2, 0) is 4.74 Å². The number of nitrogens with one attached hydrogen (secondary N) is 1. The second-order valence-corrected chi connectivity index (χ2v) is 5.83. The van der Waals surface area contributed by atoms with Crippen molar-refractivity contribution in [3.8, 4) is 0 Å². The van der Waals surface area contributed by atoms with Gasteiger partial charge in [-0.15, -0.1) is 11.3 Å². The van der Waals surface area contributed by atoms with E-state index < -0.39 is 5.97 Å². The van der Waals surface area contributed by atoms with Gasteiger partial charge in [-0.3, -0.25) is 4.79 Å². The highest BCUT2D eigenvalue weighted by Crippen LogP contribution is 2.15. The van der Waals surface area contributed by atoms with Crippen LogP contribution in [0.4, 0.5) is 5.69 Å². The molecule has 0 aliphatic carbocycles. The van der Waals surface area contributed by atoms with Gasteiger partial charge in [-0.05, 0) is 47.7 Å². The number of hydrogen-bond donors (Lipinski definition) is 1. The highest BCUT2D eigenvalue weighted by molar-refractivity contribution is 14.1. The fourth-order valence-corrected chi connectivity index (χ4v) is 2.66. The summed E-state index contributed by atoms with van der Waals surface area (Å²) >= 11 is 3.25. The standard InChI is InChI=1S/C13H11IN2O3S/c1-2-19-13(18)12-16-10(7-20-12)11(17)15-9-5-3-4-8(14)6-9/h3-7H,2H2,1H3,(H,15,17). The second-order valence-electron chi connectivity index (χ2n) is 3.72. The Bertz CT molecular complexity index is 642. The highest BCUT2D eigenvalue weighted by Gasteiger charge is 2.16. The predicted octanol–water partition coefficient (Wildman–Crippen LogP) is 3.18. The third-order valence-electron chi connectivity index (χ3n) is 2.27. The van der Waals surface area contributed by atoms with E-state index in [9.17, 15) is 9.59 Å². The summed E-state index contributed by atoms with van der Waals surface area (Å²) in [5, 5.41) is 4.45. The summed E-state index contributed by atoms with van der Waals surface area (Å²) in [5.41, 5.74) is 0.893. The summed E-state index contributed by atoms with van der Waals surface area (Å²) in [6.45, 7) is 2.00. The number of nitrogens with zero attached hydrogens (tertiary/aromatic N) is 1. The number of thiazole rings is 1. The molecule has 0 saturated heterocycles. The molecule has 0 unspecified atom stereocenters. The molecule has 0 bridgehead atoms. The fourth-order valence-electron chi connectivity index (χ4n) is 1.43. The number of hydrogen-bond acceptors (Lipinski definition) is 5. The number of anilines is 1. The Hall–Kier alpha value is -1.48. The number of benzene rings is 1. The van der Waals surface area contributed by atoms with Gasteiger partial charge >= 0.3 is 5.97 Å². The Morgan fingerprint density at radius 2 is 2.25 bits per heavy atom. The van der Waals surface area contributed by atoms with Gasteiger partial charge < -0.3 is 10.1 Å².